The van der Waals surface area contributed by atoms with Crippen molar-refractivity contribution in [3.8, 4) is 0 Å². The van der Waals surface area contributed by atoms with Crippen molar-refractivity contribution in [1.29, 1.82) is 0 Å². The first-order valence-corrected chi connectivity index (χ1v) is 10.8. The summed E-state index contributed by atoms with van der Waals surface area (Å²) >= 11 is 6.35. The third-order valence-electron chi connectivity index (χ3n) is 6.38. The molecule has 0 saturated carbocycles. The molecule has 1 aromatic carbocycles. The fourth-order valence-electron chi connectivity index (χ4n) is 4.78. The number of amides is 1. The predicted octanol–water partition coefficient (Wildman–Crippen LogP) is 2.97. The Morgan fingerprint density at radius 2 is 2.10 bits per heavy atom. The van der Waals surface area contributed by atoms with Crippen molar-refractivity contribution in [2.75, 3.05) is 32.8 Å². The molecule has 0 radical (unpaired) electrons. The molecule has 2 aliphatic heterocycles. The molecule has 0 bridgehead atoms. The van der Waals surface area contributed by atoms with Crippen LogP contribution in [-0.2, 0) is 13.0 Å². The molecule has 2 fully saturated rings. The number of rotatable bonds is 7. The standard InChI is InChI=1S/C22H29ClN4O2/c1-2-3-9-19-24-18(20(23)25-19)12-26-10-17-11-27(14-22(17,13-26)15-28)21(29)16-7-5-4-6-8-16/h4-8,17,28H,2-3,9-15H2,1H3,(H,24,25). The minimum absolute atomic E-state index is 0.0524. The Kier molecular flexibility index (Phi) is 5.95. The van der Waals surface area contributed by atoms with Crippen LogP contribution in [0.25, 0.3) is 0 Å². The number of likely N-dealkylation sites (tertiary alicyclic amines) is 2. The number of aliphatic hydroxyl groups excluding tert-OH is 1. The Morgan fingerprint density at radius 1 is 1.31 bits per heavy atom. The number of aromatic nitrogens is 2. The van der Waals surface area contributed by atoms with Crippen LogP contribution in [0, 0.1) is 11.3 Å². The SMILES string of the molecule is CCCCc1nc(Cl)c(CN2CC3CN(C(=O)c4ccccc4)CC3(CO)C2)[nH]1. The van der Waals surface area contributed by atoms with Gasteiger partial charge in [-0.25, -0.2) is 4.98 Å². The first kappa shape index (κ1) is 20.4. The zero-order valence-corrected chi connectivity index (χ0v) is 17.7. The summed E-state index contributed by atoms with van der Waals surface area (Å²) in [6.07, 6.45) is 3.13. The Bertz CT molecular complexity index is 856. The minimum Gasteiger partial charge on any atom is -0.396 e. The molecule has 7 heteroatoms. The molecule has 6 nitrogen and oxygen atoms in total. The summed E-state index contributed by atoms with van der Waals surface area (Å²) in [5.41, 5.74) is 1.39. The largest absolute Gasteiger partial charge is 0.396 e. The lowest BCUT2D eigenvalue weighted by Crippen LogP contribution is -2.38. The Hall–Kier alpha value is -1.89. The molecule has 2 aliphatic rings. The van der Waals surface area contributed by atoms with E-state index in [0.29, 0.717) is 30.4 Å². The smallest absolute Gasteiger partial charge is 0.253 e. The van der Waals surface area contributed by atoms with Gasteiger partial charge in [-0.15, -0.1) is 0 Å². The van der Waals surface area contributed by atoms with Crippen molar-refractivity contribution in [3.63, 3.8) is 0 Å². The number of fused-ring (bicyclic) bond motifs is 1. The number of halogens is 1. The van der Waals surface area contributed by atoms with E-state index in [0.717, 1.165) is 43.9 Å². The average Bonchev–Trinajstić information content (AvgIpc) is 3.37. The van der Waals surface area contributed by atoms with Crippen LogP contribution in [0.5, 0.6) is 0 Å². The van der Waals surface area contributed by atoms with Crippen molar-refractivity contribution in [2.24, 2.45) is 11.3 Å². The molecule has 2 aromatic rings. The van der Waals surface area contributed by atoms with Gasteiger partial charge in [-0.05, 0) is 24.5 Å². The monoisotopic (exact) mass is 416 g/mol. The summed E-state index contributed by atoms with van der Waals surface area (Å²) in [5, 5.41) is 10.8. The maximum Gasteiger partial charge on any atom is 0.253 e. The summed E-state index contributed by atoms with van der Waals surface area (Å²) < 4.78 is 0. The van der Waals surface area contributed by atoms with E-state index in [1.807, 2.05) is 35.2 Å². The zero-order valence-electron chi connectivity index (χ0n) is 16.9. The predicted molar refractivity (Wildman–Crippen MR) is 113 cm³/mol. The van der Waals surface area contributed by atoms with Crippen molar-refractivity contribution < 1.29 is 9.90 Å². The van der Waals surface area contributed by atoms with Gasteiger partial charge in [0, 0.05) is 50.1 Å². The van der Waals surface area contributed by atoms with E-state index in [1.165, 1.54) is 0 Å². The maximum atomic E-state index is 12.8. The Morgan fingerprint density at radius 3 is 2.79 bits per heavy atom. The van der Waals surface area contributed by atoms with E-state index in [4.69, 9.17) is 11.6 Å². The van der Waals surface area contributed by atoms with Crippen molar-refractivity contribution in [2.45, 2.75) is 32.7 Å². The summed E-state index contributed by atoms with van der Waals surface area (Å²) in [6, 6.07) is 9.39. The van der Waals surface area contributed by atoms with Gasteiger partial charge in [0.2, 0.25) is 0 Å². The third kappa shape index (κ3) is 4.06. The second-order valence-electron chi connectivity index (χ2n) is 8.50. The molecule has 2 saturated heterocycles. The van der Waals surface area contributed by atoms with Crippen LogP contribution in [0.4, 0.5) is 0 Å². The topological polar surface area (TPSA) is 72.5 Å². The molecular weight excluding hydrogens is 388 g/mol. The van der Waals surface area contributed by atoms with Gasteiger partial charge in [0.25, 0.3) is 5.91 Å². The van der Waals surface area contributed by atoms with Crippen LogP contribution in [0.1, 0.15) is 41.6 Å². The number of hydrogen-bond donors (Lipinski definition) is 2. The summed E-state index contributed by atoms with van der Waals surface area (Å²) in [4.78, 5) is 24.9. The van der Waals surface area contributed by atoms with Crippen molar-refractivity contribution in [1.82, 2.24) is 19.8 Å². The summed E-state index contributed by atoms with van der Waals surface area (Å²) in [7, 11) is 0. The number of aliphatic hydroxyl groups is 1. The molecule has 1 amide bonds. The lowest BCUT2D eigenvalue weighted by Gasteiger charge is -2.27. The third-order valence-corrected chi connectivity index (χ3v) is 6.69. The van der Waals surface area contributed by atoms with Gasteiger partial charge in [0.15, 0.2) is 5.15 Å². The lowest BCUT2D eigenvalue weighted by atomic mass is 9.82. The van der Waals surface area contributed by atoms with Gasteiger partial charge in [0.1, 0.15) is 5.82 Å². The zero-order chi connectivity index (χ0) is 20.4. The van der Waals surface area contributed by atoms with Crippen LogP contribution >= 0.6 is 11.6 Å². The van der Waals surface area contributed by atoms with Gasteiger partial charge in [-0.2, -0.15) is 0 Å². The molecule has 4 rings (SSSR count). The molecule has 0 spiro atoms. The van der Waals surface area contributed by atoms with Gasteiger partial charge < -0.3 is 15.0 Å². The Labute approximate surface area is 176 Å². The lowest BCUT2D eigenvalue weighted by molar-refractivity contribution is 0.0718. The first-order valence-electron chi connectivity index (χ1n) is 10.5. The number of aromatic amines is 1. The minimum atomic E-state index is -0.262. The molecule has 2 N–H and O–H groups in total. The van der Waals surface area contributed by atoms with Gasteiger partial charge in [0.05, 0.1) is 12.3 Å². The number of imidazole rings is 1. The van der Waals surface area contributed by atoms with E-state index < -0.39 is 0 Å². The number of benzene rings is 1. The highest BCUT2D eigenvalue weighted by atomic mass is 35.5. The summed E-state index contributed by atoms with van der Waals surface area (Å²) in [5.74, 6) is 1.26. The van der Waals surface area contributed by atoms with E-state index in [-0.39, 0.29) is 23.8 Å². The molecular formula is C22H29ClN4O2. The number of carbonyl (C=O) groups excluding carboxylic acids is 1. The van der Waals surface area contributed by atoms with Crippen LogP contribution in [0.3, 0.4) is 0 Å². The van der Waals surface area contributed by atoms with E-state index in [1.54, 1.807) is 0 Å². The van der Waals surface area contributed by atoms with E-state index in [9.17, 15) is 9.90 Å². The van der Waals surface area contributed by atoms with Gasteiger partial charge >= 0.3 is 0 Å². The van der Waals surface area contributed by atoms with Crippen molar-refractivity contribution >= 4 is 17.5 Å². The molecule has 2 atom stereocenters. The number of carbonyl (C=O) groups is 1. The first-order chi connectivity index (χ1) is 14.0. The summed E-state index contributed by atoms with van der Waals surface area (Å²) in [6.45, 7) is 5.83. The Balaban J connectivity index is 1.41. The fraction of sp³-hybridized carbons (Fsp3) is 0.545. The van der Waals surface area contributed by atoms with Crippen LogP contribution in [0.2, 0.25) is 5.15 Å². The number of aryl methyl sites for hydroxylation is 1. The van der Waals surface area contributed by atoms with Gasteiger partial charge in [-0.3, -0.25) is 9.69 Å². The highest BCUT2D eigenvalue weighted by molar-refractivity contribution is 6.30. The molecule has 156 valence electrons. The number of nitrogens with one attached hydrogen (secondary N) is 1. The van der Waals surface area contributed by atoms with E-state index in [2.05, 4.69) is 21.8 Å². The molecule has 2 unspecified atom stereocenters. The number of nitrogens with zero attached hydrogens (tertiary/aromatic N) is 3. The van der Waals surface area contributed by atoms with Crippen LogP contribution in [-0.4, -0.2) is 63.6 Å². The van der Waals surface area contributed by atoms with Crippen molar-refractivity contribution in [3.05, 3.63) is 52.6 Å². The number of H-pyrrole nitrogens is 1. The molecule has 29 heavy (non-hydrogen) atoms. The van der Waals surface area contributed by atoms with Crippen LogP contribution in [0.15, 0.2) is 30.3 Å². The highest BCUT2D eigenvalue weighted by Gasteiger charge is 2.53. The number of hydrogen-bond acceptors (Lipinski definition) is 4. The normalized spacial score (nSPS) is 24.2. The maximum absolute atomic E-state index is 12.8. The molecule has 0 aliphatic carbocycles. The fourth-order valence-corrected chi connectivity index (χ4v) is 4.99. The average molecular weight is 417 g/mol. The van der Waals surface area contributed by atoms with Gasteiger partial charge in [-0.1, -0.05) is 43.1 Å². The highest BCUT2D eigenvalue weighted by Crippen LogP contribution is 2.43. The second kappa shape index (κ2) is 8.46. The molecule has 1 aromatic heterocycles. The quantitative estimate of drug-likeness (QED) is 0.727. The number of unbranched alkanes of at least 4 members (excludes halogenated alkanes) is 1. The van der Waals surface area contributed by atoms with E-state index >= 15 is 0 Å². The second-order valence-corrected chi connectivity index (χ2v) is 8.85. The van der Waals surface area contributed by atoms with Crippen LogP contribution < -0.4 is 0 Å². The molecule has 3 heterocycles.